The van der Waals surface area contributed by atoms with Gasteiger partial charge in [0.05, 0.1) is 23.4 Å². The second kappa shape index (κ2) is 8.65. The smallest absolute Gasteiger partial charge is 0.255 e. The largest absolute Gasteiger partial charge is 0.497 e. The summed E-state index contributed by atoms with van der Waals surface area (Å²) in [7, 11) is -2.20. The Labute approximate surface area is 158 Å². The molecule has 144 valence electrons. The summed E-state index contributed by atoms with van der Waals surface area (Å²) < 4.78 is 31.8. The molecule has 3 N–H and O–H groups in total. The zero-order chi connectivity index (χ0) is 20.0. The zero-order valence-electron chi connectivity index (χ0n) is 15.2. The number of methoxy groups -OCH3 is 1. The van der Waals surface area contributed by atoms with E-state index >= 15 is 0 Å². The highest BCUT2D eigenvalue weighted by molar-refractivity contribution is 7.89. The van der Waals surface area contributed by atoms with E-state index in [2.05, 4.69) is 15.4 Å². The predicted octanol–water partition coefficient (Wildman–Crippen LogP) is 2.20. The van der Waals surface area contributed by atoms with Crippen LogP contribution in [0.4, 0.5) is 11.4 Å². The molecule has 2 rings (SSSR count). The highest BCUT2D eigenvalue weighted by Gasteiger charge is 2.16. The van der Waals surface area contributed by atoms with Crippen LogP contribution in [0.2, 0.25) is 0 Å². The number of benzene rings is 2. The van der Waals surface area contributed by atoms with Crippen LogP contribution < -0.4 is 20.1 Å². The van der Waals surface area contributed by atoms with Crippen molar-refractivity contribution in [2.24, 2.45) is 0 Å². The molecule has 0 fully saturated rings. The molecule has 0 bridgehead atoms. The molecule has 9 heteroatoms. The molecule has 2 aromatic rings. The minimum absolute atomic E-state index is 0.00951. The number of ether oxygens (including phenoxy) is 1. The van der Waals surface area contributed by atoms with Gasteiger partial charge < -0.3 is 15.4 Å². The van der Waals surface area contributed by atoms with Crippen molar-refractivity contribution in [3.63, 3.8) is 0 Å². The first-order valence-electron chi connectivity index (χ1n) is 8.13. The minimum atomic E-state index is -3.68. The lowest BCUT2D eigenvalue weighted by Gasteiger charge is -2.13. The fourth-order valence-electron chi connectivity index (χ4n) is 2.32. The lowest BCUT2D eigenvalue weighted by molar-refractivity contribution is -0.114. The van der Waals surface area contributed by atoms with Gasteiger partial charge in [0, 0.05) is 25.1 Å². The van der Waals surface area contributed by atoms with Crippen LogP contribution in [-0.2, 0) is 14.8 Å². The van der Waals surface area contributed by atoms with Crippen LogP contribution in [0.1, 0.15) is 24.2 Å². The molecule has 2 amide bonds. The molecular weight excluding hydrogens is 370 g/mol. The summed E-state index contributed by atoms with van der Waals surface area (Å²) in [5, 5.41) is 5.29. The summed E-state index contributed by atoms with van der Waals surface area (Å²) >= 11 is 0. The van der Waals surface area contributed by atoms with E-state index in [1.54, 1.807) is 25.1 Å². The first-order valence-corrected chi connectivity index (χ1v) is 9.62. The van der Waals surface area contributed by atoms with Crippen molar-refractivity contribution >= 4 is 33.2 Å². The number of carbonyl (C=O) groups excluding carboxylic acids is 2. The Bertz CT molecular complexity index is 957. The Morgan fingerprint density at radius 2 is 1.78 bits per heavy atom. The number of sulfonamides is 1. The fourth-order valence-corrected chi connectivity index (χ4v) is 3.41. The minimum Gasteiger partial charge on any atom is -0.497 e. The molecule has 8 nitrogen and oxygen atoms in total. The third kappa shape index (κ3) is 5.28. The Kier molecular flexibility index (Phi) is 6.54. The monoisotopic (exact) mass is 391 g/mol. The van der Waals surface area contributed by atoms with E-state index in [4.69, 9.17) is 4.74 Å². The van der Waals surface area contributed by atoms with Crippen molar-refractivity contribution in [1.82, 2.24) is 4.72 Å². The van der Waals surface area contributed by atoms with Crippen LogP contribution in [0.15, 0.2) is 47.4 Å². The van der Waals surface area contributed by atoms with E-state index in [0.717, 1.165) is 0 Å². The maximum Gasteiger partial charge on any atom is 0.255 e. The van der Waals surface area contributed by atoms with E-state index in [9.17, 15) is 18.0 Å². The summed E-state index contributed by atoms with van der Waals surface area (Å²) in [6.45, 7) is 3.26. The molecule has 0 aliphatic carbocycles. The Morgan fingerprint density at radius 1 is 1.04 bits per heavy atom. The van der Waals surface area contributed by atoms with E-state index in [-0.39, 0.29) is 22.9 Å². The molecule has 0 aliphatic heterocycles. The lowest BCUT2D eigenvalue weighted by Crippen LogP contribution is -2.23. The van der Waals surface area contributed by atoms with Crippen molar-refractivity contribution in [2.45, 2.75) is 18.7 Å². The number of rotatable bonds is 7. The van der Waals surface area contributed by atoms with Gasteiger partial charge in [0.1, 0.15) is 5.75 Å². The molecule has 0 aromatic heterocycles. The summed E-state index contributed by atoms with van der Waals surface area (Å²) in [5.74, 6) is -0.333. The van der Waals surface area contributed by atoms with Gasteiger partial charge in [0.25, 0.3) is 5.91 Å². The van der Waals surface area contributed by atoms with Crippen LogP contribution in [0.25, 0.3) is 0 Å². The Morgan fingerprint density at radius 3 is 2.41 bits per heavy atom. The maximum atomic E-state index is 12.6. The maximum absolute atomic E-state index is 12.6. The Hall–Kier alpha value is -2.91. The normalized spacial score (nSPS) is 10.9. The second-order valence-electron chi connectivity index (χ2n) is 5.58. The Balaban J connectivity index is 2.33. The van der Waals surface area contributed by atoms with Gasteiger partial charge in [-0.25, -0.2) is 13.1 Å². The average molecular weight is 391 g/mol. The molecule has 0 unspecified atom stereocenters. The van der Waals surface area contributed by atoms with E-state index in [1.165, 1.54) is 38.3 Å². The molecule has 0 atom stereocenters. The highest BCUT2D eigenvalue weighted by Crippen LogP contribution is 2.27. The molecule has 27 heavy (non-hydrogen) atoms. The molecule has 0 saturated carbocycles. The van der Waals surface area contributed by atoms with Gasteiger partial charge in [-0.05, 0) is 30.3 Å². The lowest BCUT2D eigenvalue weighted by atomic mass is 10.2. The summed E-state index contributed by atoms with van der Waals surface area (Å²) in [6.07, 6.45) is 0. The molecule has 0 radical (unpaired) electrons. The number of hydrogen-bond donors (Lipinski definition) is 3. The number of amides is 2. The van der Waals surface area contributed by atoms with Crippen molar-refractivity contribution in [3.05, 3.63) is 48.0 Å². The summed E-state index contributed by atoms with van der Waals surface area (Å²) in [6, 6.07) is 10.5. The van der Waals surface area contributed by atoms with Crippen molar-refractivity contribution in [2.75, 3.05) is 24.3 Å². The SMILES string of the molecule is CCNS(=O)(=O)c1cccc(C(=O)Nc2cc(OC)ccc2NC(C)=O)c1. The van der Waals surface area contributed by atoms with E-state index in [1.807, 2.05) is 0 Å². The second-order valence-corrected chi connectivity index (χ2v) is 7.34. The van der Waals surface area contributed by atoms with Crippen molar-refractivity contribution in [1.29, 1.82) is 0 Å². The highest BCUT2D eigenvalue weighted by atomic mass is 32.2. The third-order valence-corrected chi connectivity index (χ3v) is 5.07. The standard InChI is InChI=1S/C18H21N3O5S/c1-4-19-27(24,25)15-7-5-6-13(10-15)18(23)21-17-11-14(26-3)8-9-16(17)20-12(2)22/h5-11,19H,4H2,1-3H3,(H,20,22)(H,21,23). The summed E-state index contributed by atoms with van der Waals surface area (Å²) in [4.78, 5) is 24.0. The number of nitrogens with one attached hydrogen (secondary N) is 3. The van der Waals surface area contributed by atoms with Gasteiger partial charge >= 0.3 is 0 Å². The van der Waals surface area contributed by atoms with E-state index in [0.29, 0.717) is 17.1 Å². The van der Waals surface area contributed by atoms with Gasteiger partial charge in [0.15, 0.2) is 0 Å². The first-order chi connectivity index (χ1) is 12.8. The zero-order valence-corrected chi connectivity index (χ0v) is 16.0. The number of carbonyl (C=O) groups is 2. The fraction of sp³-hybridized carbons (Fsp3) is 0.222. The first kappa shape index (κ1) is 20.4. The van der Waals surface area contributed by atoms with Crippen molar-refractivity contribution in [3.8, 4) is 5.75 Å². The average Bonchev–Trinajstić information content (AvgIpc) is 2.62. The van der Waals surface area contributed by atoms with Gasteiger partial charge in [-0.3, -0.25) is 9.59 Å². The van der Waals surface area contributed by atoms with Gasteiger partial charge in [-0.1, -0.05) is 13.0 Å². The number of hydrogen-bond acceptors (Lipinski definition) is 5. The van der Waals surface area contributed by atoms with Gasteiger partial charge in [-0.2, -0.15) is 0 Å². The summed E-state index contributed by atoms with van der Waals surface area (Å²) in [5.41, 5.74) is 0.883. The van der Waals surface area contributed by atoms with Gasteiger partial charge in [-0.15, -0.1) is 0 Å². The molecule has 0 aliphatic rings. The van der Waals surface area contributed by atoms with Gasteiger partial charge in [0.2, 0.25) is 15.9 Å². The predicted molar refractivity (Wildman–Crippen MR) is 103 cm³/mol. The van der Waals surface area contributed by atoms with Crippen LogP contribution in [0.5, 0.6) is 5.75 Å². The van der Waals surface area contributed by atoms with Crippen molar-refractivity contribution < 1.29 is 22.7 Å². The molecule has 0 spiro atoms. The van der Waals surface area contributed by atoms with Crippen LogP contribution in [0.3, 0.4) is 0 Å². The van der Waals surface area contributed by atoms with Crippen LogP contribution in [0, 0.1) is 0 Å². The third-order valence-electron chi connectivity index (χ3n) is 3.53. The van der Waals surface area contributed by atoms with E-state index < -0.39 is 15.9 Å². The number of anilines is 2. The molecule has 2 aromatic carbocycles. The topological polar surface area (TPSA) is 114 Å². The quantitative estimate of drug-likeness (QED) is 0.670. The van der Waals surface area contributed by atoms with Crippen LogP contribution in [-0.4, -0.2) is 33.9 Å². The van der Waals surface area contributed by atoms with Crippen LogP contribution >= 0.6 is 0 Å². The molecule has 0 saturated heterocycles. The molecule has 0 heterocycles. The molecular formula is C18H21N3O5S.